The summed E-state index contributed by atoms with van der Waals surface area (Å²) in [4.78, 5) is 22.3. The topological polar surface area (TPSA) is 66.4 Å². The predicted molar refractivity (Wildman–Crippen MR) is 76.0 cm³/mol. The van der Waals surface area contributed by atoms with Gasteiger partial charge in [0, 0.05) is 6.08 Å². The lowest BCUT2D eigenvalue weighted by Crippen LogP contribution is -2.09. The summed E-state index contributed by atoms with van der Waals surface area (Å²) in [6, 6.07) is 2.45. The number of carboxylic acids is 1. The highest BCUT2D eigenvalue weighted by molar-refractivity contribution is 6.40. The van der Waals surface area contributed by atoms with Gasteiger partial charge < -0.3 is 10.4 Å². The van der Waals surface area contributed by atoms with E-state index in [-0.39, 0.29) is 21.3 Å². The van der Waals surface area contributed by atoms with Gasteiger partial charge in [0.15, 0.2) is 0 Å². The van der Waals surface area contributed by atoms with Crippen LogP contribution in [0.4, 0.5) is 5.69 Å². The highest BCUT2D eigenvalue weighted by Gasteiger charge is 2.13. The molecule has 1 rings (SSSR count). The van der Waals surface area contributed by atoms with E-state index in [2.05, 4.69) is 5.32 Å². The fourth-order valence-electron chi connectivity index (χ4n) is 1.23. The summed E-state index contributed by atoms with van der Waals surface area (Å²) in [5.74, 6) is -1.56. The summed E-state index contributed by atoms with van der Waals surface area (Å²) < 4.78 is 0. The van der Waals surface area contributed by atoms with E-state index >= 15 is 0 Å². The number of carbonyl (C=O) groups is 2. The molecule has 0 atom stereocenters. The van der Waals surface area contributed by atoms with Gasteiger partial charge in [-0.25, -0.2) is 4.79 Å². The van der Waals surface area contributed by atoms with Gasteiger partial charge in [0.1, 0.15) is 0 Å². The van der Waals surface area contributed by atoms with E-state index in [4.69, 9.17) is 28.3 Å². The minimum absolute atomic E-state index is 0.0440. The molecule has 1 aromatic carbocycles. The smallest absolute Gasteiger partial charge is 0.335 e. The zero-order chi connectivity index (χ0) is 14.4. The van der Waals surface area contributed by atoms with Gasteiger partial charge in [-0.2, -0.15) is 0 Å². The Bertz CT molecular complexity index is 542. The summed E-state index contributed by atoms with van der Waals surface area (Å²) in [5, 5.41) is 11.4. The van der Waals surface area contributed by atoms with Gasteiger partial charge in [0.05, 0.1) is 21.3 Å². The number of allylic oxidation sites excluding steroid dienone is 3. The number of halogens is 2. The zero-order valence-electron chi connectivity index (χ0n) is 9.98. The molecule has 0 radical (unpaired) electrons. The van der Waals surface area contributed by atoms with Crippen molar-refractivity contribution in [3.05, 3.63) is 52.0 Å². The number of benzene rings is 1. The zero-order valence-corrected chi connectivity index (χ0v) is 11.5. The summed E-state index contributed by atoms with van der Waals surface area (Å²) in [6.45, 7) is 1.82. The molecule has 0 spiro atoms. The molecule has 0 bridgehead atoms. The molecule has 100 valence electrons. The highest BCUT2D eigenvalue weighted by atomic mass is 35.5. The van der Waals surface area contributed by atoms with Crippen LogP contribution in [0.25, 0.3) is 0 Å². The van der Waals surface area contributed by atoms with Crippen LogP contribution >= 0.6 is 23.2 Å². The van der Waals surface area contributed by atoms with Crippen LogP contribution in [-0.4, -0.2) is 17.0 Å². The molecule has 4 nitrogen and oxygen atoms in total. The number of hydrogen-bond acceptors (Lipinski definition) is 2. The van der Waals surface area contributed by atoms with Crippen molar-refractivity contribution in [1.82, 2.24) is 0 Å². The molecule has 0 aliphatic carbocycles. The molecule has 0 aliphatic rings. The van der Waals surface area contributed by atoms with Gasteiger partial charge in [0.25, 0.3) is 0 Å². The summed E-state index contributed by atoms with van der Waals surface area (Å²) in [6.07, 6.45) is 6.32. The van der Waals surface area contributed by atoms with Gasteiger partial charge in [-0.15, -0.1) is 0 Å². The molecule has 6 heteroatoms. The maximum Gasteiger partial charge on any atom is 0.335 e. The van der Waals surface area contributed by atoms with E-state index in [1.54, 1.807) is 18.2 Å². The number of anilines is 1. The Balaban J connectivity index is 2.96. The van der Waals surface area contributed by atoms with E-state index < -0.39 is 11.9 Å². The lowest BCUT2D eigenvalue weighted by Gasteiger charge is -2.08. The molecule has 0 unspecified atom stereocenters. The number of nitrogens with one attached hydrogen (secondary N) is 1. The third-order valence-corrected chi connectivity index (χ3v) is 2.68. The molecule has 19 heavy (non-hydrogen) atoms. The fraction of sp³-hybridized carbons (Fsp3) is 0.0769. The van der Waals surface area contributed by atoms with Crippen molar-refractivity contribution in [3.63, 3.8) is 0 Å². The highest BCUT2D eigenvalue weighted by Crippen LogP contribution is 2.31. The predicted octanol–water partition coefficient (Wildman–Crippen LogP) is 3.76. The summed E-state index contributed by atoms with van der Waals surface area (Å²) >= 11 is 11.8. The molecule has 0 fully saturated rings. The first-order valence-electron chi connectivity index (χ1n) is 5.28. The molecule has 0 aromatic heterocycles. The molecule has 1 amide bonds. The van der Waals surface area contributed by atoms with Crippen molar-refractivity contribution in [2.24, 2.45) is 0 Å². The molecular weight excluding hydrogens is 289 g/mol. The molecular formula is C13H11Cl2NO3. The standard InChI is InChI=1S/C13H11Cl2NO3/c1-2-3-4-5-11(17)16-12-9(14)6-8(13(18)19)7-10(12)15/h2-7H,1H3,(H,16,17)(H,18,19)/b3-2+,5-4?. The van der Waals surface area contributed by atoms with Crippen LogP contribution in [0.15, 0.2) is 36.4 Å². The number of carbonyl (C=O) groups excluding carboxylic acids is 1. The average Bonchev–Trinajstić information content (AvgIpc) is 2.33. The number of rotatable bonds is 4. The van der Waals surface area contributed by atoms with Crippen molar-refractivity contribution < 1.29 is 14.7 Å². The Kier molecular flexibility index (Phi) is 5.60. The van der Waals surface area contributed by atoms with E-state index in [0.717, 1.165) is 0 Å². The van der Waals surface area contributed by atoms with Crippen LogP contribution in [0.2, 0.25) is 10.0 Å². The third kappa shape index (κ3) is 4.43. The van der Waals surface area contributed by atoms with E-state index in [1.807, 2.05) is 6.92 Å². The van der Waals surface area contributed by atoms with Crippen molar-refractivity contribution >= 4 is 40.8 Å². The minimum atomic E-state index is -1.14. The van der Waals surface area contributed by atoms with Crippen molar-refractivity contribution in [1.29, 1.82) is 0 Å². The van der Waals surface area contributed by atoms with E-state index in [9.17, 15) is 9.59 Å². The Morgan fingerprint density at radius 1 is 1.21 bits per heavy atom. The molecule has 0 heterocycles. The fourth-order valence-corrected chi connectivity index (χ4v) is 1.82. The first kappa shape index (κ1) is 15.3. The molecule has 0 saturated carbocycles. The maximum atomic E-state index is 11.5. The second-order valence-electron chi connectivity index (χ2n) is 3.49. The van der Waals surface area contributed by atoms with Gasteiger partial charge in [-0.05, 0) is 19.1 Å². The quantitative estimate of drug-likeness (QED) is 0.657. The second-order valence-corrected chi connectivity index (χ2v) is 4.31. The van der Waals surface area contributed by atoms with Crippen LogP contribution < -0.4 is 5.32 Å². The lowest BCUT2D eigenvalue weighted by atomic mass is 10.2. The summed E-state index contributed by atoms with van der Waals surface area (Å²) in [5.41, 5.74) is 0.140. The first-order chi connectivity index (χ1) is 8.95. The number of amides is 1. The third-order valence-electron chi connectivity index (χ3n) is 2.09. The van der Waals surface area contributed by atoms with Crippen molar-refractivity contribution in [2.45, 2.75) is 6.92 Å². The Morgan fingerprint density at radius 3 is 2.26 bits per heavy atom. The van der Waals surface area contributed by atoms with E-state index in [0.29, 0.717) is 0 Å². The van der Waals surface area contributed by atoms with Gasteiger partial charge in [0.2, 0.25) is 5.91 Å². The lowest BCUT2D eigenvalue weighted by molar-refractivity contribution is -0.111. The first-order valence-corrected chi connectivity index (χ1v) is 6.04. The van der Waals surface area contributed by atoms with Crippen LogP contribution in [0, 0.1) is 0 Å². The molecule has 0 aliphatic heterocycles. The van der Waals surface area contributed by atoms with Gasteiger partial charge >= 0.3 is 5.97 Å². The Hall–Kier alpha value is -1.78. The monoisotopic (exact) mass is 299 g/mol. The van der Waals surface area contributed by atoms with Crippen molar-refractivity contribution in [3.8, 4) is 0 Å². The van der Waals surface area contributed by atoms with Gasteiger partial charge in [-0.1, -0.05) is 41.4 Å². The van der Waals surface area contributed by atoms with Crippen LogP contribution in [0.3, 0.4) is 0 Å². The number of aromatic carboxylic acids is 1. The Morgan fingerprint density at radius 2 is 1.79 bits per heavy atom. The maximum absolute atomic E-state index is 11.5. The summed E-state index contributed by atoms with van der Waals surface area (Å²) in [7, 11) is 0. The van der Waals surface area contributed by atoms with Gasteiger partial charge in [-0.3, -0.25) is 4.79 Å². The van der Waals surface area contributed by atoms with Crippen LogP contribution in [0.5, 0.6) is 0 Å². The Labute approximate surface area is 120 Å². The SMILES string of the molecule is C/C=C/C=CC(=O)Nc1c(Cl)cc(C(=O)O)cc1Cl. The largest absolute Gasteiger partial charge is 0.478 e. The molecule has 2 N–H and O–H groups in total. The molecule has 0 saturated heterocycles. The number of hydrogen-bond donors (Lipinski definition) is 2. The van der Waals surface area contributed by atoms with Crippen LogP contribution in [-0.2, 0) is 4.79 Å². The second kappa shape index (κ2) is 6.97. The molecule has 1 aromatic rings. The minimum Gasteiger partial charge on any atom is -0.478 e. The van der Waals surface area contributed by atoms with E-state index in [1.165, 1.54) is 18.2 Å². The average molecular weight is 300 g/mol. The number of carboxylic acid groups (broad SMARTS) is 1. The normalized spacial score (nSPS) is 11.1. The van der Waals surface area contributed by atoms with Crippen LogP contribution in [0.1, 0.15) is 17.3 Å². The van der Waals surface area contributed by atoms with Crippen molar-refractivity contribution in [2.75, 3.05) is 5.32 Å².